The Balaban J connectivity index is 1.71. The lowest BCUT2D eigenvalue weighted by atomic mass is 10.2. The second-order valence-corrected chi connectivity index (χ2v) is 8.02. The van der Waals surface area contributed by atoms with Gasteiger partial charge >= 0.3 is 0 Å². The van der Waals surface area contributed by atoms with Crippen molar-refractivity contribution in [2.45, 2.75) is 0 Å². The Morgan fingerprint density at radius 1 is 1.19 bits per heavy atom. The maximum atomic E-state index is 11.8. The number of thioether (sulfide) groups is 1. The van der Waals surface area contributed by atoms with Gasteiger partial charge in [0.05, 0.1) is 20.5 Å². The minimum atomic E-state index is -0.233. The Morgan fingerprint density at radius 3 is 2.78 bits per heavy atom. The Kier molecular flexibility index (Phi) is 4.94. The molecule has 1 N–H and O–H groups in total. The van der Waals surface area contributed by atoms with Gasteiger partial charge in [0.15, 0.2) is 5.58 Å². The largest absolute Gasteiger partial charge is 0.455 e. The first kappa shape index (κ1) is 18.1. The van der Waals surface area contributed by atoms with Crippen molar-refractivity contribution in [3.8, 4) is 11.8 Å². The van der Waals surface area contributed by atoms with Crippen LogP contribution in [-0.2, 0) is 4.79 Å². The number of hydrogen-bond donors (Lipinski definition) is 1. The molecule has 3 aromatic rings. The monoisotopic (exact) mass is 430 g/mol. The standard InChI is InChI=1S/C19H8Cl2N2O2S2/c20-14-4-2-10(5-15(14)21)1-3-11-8-22-9-12-6-13(25-17(11)12)7-16-18(24)23-19(26)27-16/h2,4-9H,(H,23,24,26). The van der Waals surface area contributed by atoms with E-state index in [2.05, 4.69) is 22.1 Å². The molecule has 1 fully saturated rings. The van der Waals surface area contributed by atoms with Gasteiger partial charge in [-0.2, -0.15) is 0 Å². The number of nitrogens with one attached hydrogen (secondary N) is 1. The molecule has 0 radical (unpaired) electrons. The van der Waals surface area contributed by atoms with Gasteiger partial charge < -0.3 is 9.73 Å². The molecule has 0 spiro atoms. The number of halogens is 2. The van der Waals surface area contributed by atoms with E-state index >= 15 is 0 Å². The van der Waals surface area contributed by atoms with Gasteiger partial charge in [-0.05, 0) is 24.3 Å². The highest BCUT2D eigenvalue weighted by atomic mass is 35.5. The van der Waals surface area contributed by atoms with Crippen molar-refractivity contribution in [2.24, 2.45) is 0 Å². The van der Waals surface area contributed by atoms with Crippen LogP contribution in [0.4, 0.5) is 0 Å². The molecule has 0 aliphatic carbocycles. The number of fused-ring (bicyclic) bond motifs is 1. The molecule has 2 aromatic heterocycles. The first-order valence-electron chi connectivity index (χ1n) is 7.59. The van der Waals surface area contributed by atoms with Crippen LogP contribution in [0.5, 0.6) is 0 Å². The quantitative estimate of drug-likeness (QED) is 0.333. The summed E-state index contributed by atoms with van der Waals surface area (Å²) in [5, 5.41) is 4.27. The molecule has 1 aromatic carbocycles. The van der Waals surface area contributed by atoms with Crippen LogP contribution in [0.3, 0.4) is 0 Å². The van der Waals surface area contributed by atoms with E-state index in [0.717, 1.165) is 10.9 Å². The third-order valence-corrected chi connectivity index (χ3v) is 5.52. The molecule has 4 rings (SSSR count). The van der Waals surface area contributed by atoms with E-state index in [1.165, 1.54) is 11.8 Å². The SMILES string of the molecule is O=C1NC(=S)SC1=Cc1cc2cncc(C#Cc3ccc(Cl)c(Cl)c3)c2o1. The van der Waals surface area contributed by atoms with Crippen molar-refractivity contribution >= 4 is 74.5 Å². The minimum Gasteiger partial charge on any atom is -0.455 e. The van der Waals surface area contributed by atoms with Gasteiger partial charge in [0.2, 0.25) is 0 Å². The first-order valence-corrected chi connectivity index (χ1v) is 9.57. The number of carbonyl (C=O) groups excluding carboxylic acids is 1. The van der Waals surface area contributed by atoms with Gasteiger partial charge in [0.1, 0.15) is 10.1 Å². The summed E-state index contributed by atoms with van der Waals surface area (Å²) in [4.78, 5) is 16.5. The third-order valence-electron chi connectivity index (χ3n) is 3.62. The molecule has 1 saturated heterocycles. The molecule has 8 heteroatoms. The molecular weight excluding hydrogens is 423 g/mol. The number of pyridine rings is 1. The molecule has 27 heavy (non-hydrogen) atoms. The Labute approximate surface area is 173 Å². The third kappa shape index (κ3) is 3.87. The zero-order valence-corrected chi connectivity index (χ0v) is 16.5. The predicted molar refractivity (Wildman–Crippen MR) is 113 cm³/mol. The van der Waals surface area contributed by atoms with Gasteiger partial charge in [0, 0.05) is 29.4 Å². The second kappa shape index (κ2) is 7.37. The first-order chi connectivity index (χ1) is 13.0. The second-order valence-electron chi connectivity index (χ2n) is 5.49. The highest BCUT2D eigenvalue weighted by Gasteiger charge is 2.22. The number of carbonyl (C=O) groups is 1. The number of furan rings is 1. The van der Waals surface area contributed by atoms with E-state index in [9.17, 15) is 4.79 Å². The molecule has 0 atom stereocenters. The lowest BCUT2D eigenvalue weighted by Gasteiger charge is -1.95. The molecule has 3 heterocycles. The van der Waals surface area contributed by atoms with E-state index in [4.69, 9.17) is 39.8 Å². The fourth-order valence-corrected chi connectivity index (χ4v) is 3.73. The Bertz CT molecular complexity index is 1210. The predicted octanol–water partition coefficient (Wildman–Crippen LogP) is 5.02. The topological polar surface area (TPSA) is 55.1 Å². The highest BCUT2D eigenvalue weighted by Crippen LogP contribution is 2.29. The van der Waals surface area contributed by atoms with Crippen LogP contribution in [0.15, 0.2) is 46.0 Å². The molecule has 0 unspecified atom stereocenters. The molecule has 0 saturated carbocycles. The lowest BCUT2D eigenvalue weighted by Crippen LogP contribution is -2.17. The van der Waals surface area contributed by atoms with E-state index in [-0.39, 0.29) is 5.91 Å². The van der Waals surface area contributed by atoms with E-state index < -0.39 is 0 Å². The number of aromatic nitrogens is 1. The summed E-state index contributed by atoms with van der Waals surface area (Å²) in [6.07, 6.45) is 4.95. The summed E-state index contributed by atoms with van der Waals surface area (Å²) < 4.78 is 6.30. The molecule has 1 aliphatic rings. The fourth-order valence-electron chi connectivity index (χ4n) is 2.41. The van der Waals surface area contributed by atoms with E-state index in [1.807, 2.05) is 0 Å². The van der Waals surface area contributed by atoms with Crippen LogP contribution in [0.1, 0.15) is 16.9 Å². The lowest BCUT2D eigenvalue weighted by molar-refractivity contribution is -0.115. The summed E-state index contributed by atoms with van der Waals surface area (Å²) in [5.74, 6) is 6.35. The molecule has 1 amide bonds. The maximum Gasteiger partial charge on any atom is 0.263 e. The highest BCUT2D eigenvalue weighted by molar-refractivity contribution is 8.26. The van der Waals surface area contributed by atoms with Crippen molar-refractivity contribution in [3.05, 3.63) is 68.5 Å². The summed E-state index contributed by atoms with van der Waals surface area (Å²) in [5.41, 5.74) is 1.94. The Morgan fingerprint density at radius 2 is 2.04 bits per heavy atom. The van der Waals surface area contributed by atoms with Gasteiger partial charge in [-0.25, -0.2) is 0 Å². The number of nitrogens with zero attached hydrogens (tertiary/aromatic N) is 1. The molecule has 4 nitrogen and oxygen atoms in total. The molecule has 132 valence electrons. The molecule has 1 aliphatic heterocycles. The van der Waals surface area contributed by atoms with E-state index in [1.54, 1.807) is 42.7 Å². The number of rotatable bonds is 1. The van der Waals surface area contributed by atoms with Crippen molar-refractivity contribution in [1.82, 2.24) is 10.3 Å². The van der Waals surface area contributed by atoms with Crippen LogP contribution in [-0.4, -0.2) is 15.2 Å². The van der Waals surface area contributed by atoms with Crippen LogP contribution < -0.4 is 5.32 Å². The zero-order chi connectivity index (χ0) is 19.0. The maximum absolute atomic E-state index is 11.8. The normalized spacial score (nSPS) is 15.1. The zero-order valence-electron chi connectivity index (χ0n) is 13.4. The van der Waals surface area contributed by atoms with E-state index in [0.29, 0.717) is 36.2 Å². The van der Waals surface area contributed by atoms with Crippen molar-refractivity contribution in [3.63, 3.8) is 0 Å². The van der Waals surface area contributed by atoms with Crippen LogP contribution in [0, 0.1) is 11.8 Å². The van der Waals surface area contributed by atoms with Crippen LogP contribution in [0.2, 0.25) is 10.0 Å². The van der Waals surface area contributed by atoms with Gasteiger partial charge in [-0.15, -0.1) is 0 Å². The van der Waals surface area contributed by atoms with Gasteiger partial charge in [0.25, 0.3) is 5.91 Å². The minimum absolute atomic E-state index is 0.233. The average Bonchev–Trinajstić information content (AvgIpc) is 3.18. The summed E-state index contributed by atoms with van der Waals surface area (Å²) >= 11 is 18.1. The average molecular weight is 431 g/mol. The number of benzene rings is 1. The Hall–Kier alpha value is -2.30. The van der Waals surface area contributed by atoms with Crippen molar-refractivity contribution in [1.29, 1.82) is 0 Å². The van der Waals surface area contributed by atoms with Crippen molar-refractivity contribution in [2.75, 3.05) is 0 Å². The van der Waals surface area contributed by atoms with Gasteiger partial charge in [-0.3, -0.25) is 9.78 Å². The smallest absolute Gasteiger partial charge is 0.263 e. The summed E-state index contributed by atoms with van der Waals surface area (Å²) in [6, 6.07) is 6.97. The van der Waals surface area contributed by atoms with Gasteiger partial charge in [-0.1, -0.05) is 59.0 Å². The molecule has 0 bridgehead atoms. The van der Waals surface area contributed by atoms with Crippen molar-refractivity contribution < 1.29 is 9.21 Å². The number of amides is 1. The fraction of sp³-hybridized carbons (Fsp3) is 0. The van der Waals surface area contributed by atoms with Crippen LogP contribution >= 0.6 is 47.2 Å². The van der Waals surface area contributed by atoms with Crippen LogP contribution in [0.25, 0.3) is 17.0 Å². The molecular formula is C19H8Cl2N2O2S2. The summed E-state index contributed by atoms with van der Waals surface area (Å²) in [7, 11) is 0. The summed E-state index contributed by atoms with van der Waals surface area (Å²) in [6.45, 7) is 0. The number of hydrogen-bond acceptors (Lipinski definition) is 5. The number of thiocarbonyl (C=S) groups is 1.